The maximum absolute atomic E-state index is 10.3. The van der Waals surface area contributed by atoms with Crippen molar-refractivity contribution in [3.63, 3.8) is 0 Å². The van der Waals surface area contributed by atoms with Gasteiger partial charge in [0.05, 0.1) is 11.4 Å². The smallest absolute Gasteiger partial charge is 0.133 e. The van der Waals surface area contributed by atoms with E-state index in [9.17, 15) is 4.79 Å². The lowest BCUT2D eigenvalue weighted by atomic mass is 10.2. The van der Waals surface area contributed by atoms with Crippen molar-refractivity contribution >= 4 is 22.2 Å². The zero-order chi connectivity index (χ0) is 10.2. The molecule has 0 aliphatic rings. The van der Waals surface area contributed by atoms with Crippen molar-refractivity contribution in [2.75, 3.05) is 6.61 Å². The lowest BCUT2D eigenvalue weighted by Crippen LogP contribution is -2.05. The molecule has 1 aromatic carbocycles. The third-order valence-electron chi connectivity index (χ3n) is 1.80. The van der Waals surface area contributed by atoms with Gasteiger partial charge in [-0.1, -0.05) is 46.3 Å². The molecule has 14 heavy (non-hydrogen) atoms. The normalized spacial score (nSPS) is 12.4. The molecule has 0 saturated carbocycles. The Kier molecular flexibility index (Phi) is 5.49. The molecule has 0 fully saturated rings. The highest BCUT2D eigenvalue weighted by molar-refractivity contribution is 9.09. The molecule has 0 aliphatic heterocycles. The molecule has 0 bridgehead atoms. The van der Waals surface area contributed by atoms with Gasteiger partial charge in [-0.25, -0.2) is 0 Å². The third-order valence-corrected chi connectivity index (χ3v) is 2.47. The van der Waals surface area contributed by atoms with Crippen LogP contribution >= 0.6 is 15.9 Å². The minimum absolute atomic E-state index is 0.0849. The first-order valence-electron chi connectivity index (χ1n) is 4.54. The third kappa shape index (κ3) is 4.53. The molecule has 0 spiro atoms. The number of halogens is 1. The second-order valence-electron chi connectivity index (χ2n) is 2.98. The molecule has 0 saturated heterocycles. The summed E-state index contributed by atoms with van der Waals surface area (Å²) >= 11 is 3.22. The van der Waals surface area contributed by atoms with Gasteiger partial charge in [0.2, 0.25) is 0 Å². The zero-order valence-corrected chi connectivity index (χ0v) is 9.44. The number of ether oxygens (including phenoxy) is 1. The number of carbonyl (C=O) groups is 1. The van der Waals surface area contributed by atoms with Gasteiger partial charge < -0.3 is 9.53 Å². The Labute approximate surface area is 92.4 Å². The Balaban J connectivity index is 2.13. The van der Waals surface area contributed by atoms with Gasteiger partial charge in [0.1, 0.15) is 6.29 Å². The van der Waals surface area contributed by atoms with E-state index in [1.165, 1.54) is 0 Å². The van der Waals surface area contributed by atoms with Crippen molar-refractivity contribution in [3.8, 4) is 0 Å². The molecule has 76 valence electrons. The molecule has 0 aliphatic carbocycles. The highest BCUT2D eigenvalue weighted by Crippen LogP contribution is 2.04. The summed E-state index contributed by atoms with van der Waals surface area (Å²) in [6, 6.07) is 9.98. The summed E-state index contributed by atoms with van der Waals surface area (Å²) in [6.45, 7) is 1.21. The minimum atomic E-state index is -0.0849. The van der Waals surface area contributed by atoms with Crippen LogP contribution in [0.25, 0.3) is 0 Å². The summed E-state index contributed by atoms with van der Waals surface area (Å²) in [6.07, 6.45) is 1.60. The molecule has 1 aromatic rings. The monoisotopic (exact) mass is 256 g/mol. The van der Waals surface area contributed by atoms with Crippen molar-refractivity contribution in [1.82, 2.24) is 0 Å². The van der Waals surface area contributed by atoms with Gasteiger partial charge in [-0.05, 0) is 12.0 Å². The maximum Gasteiger partial charge on any atom is 0.133 e. The fourth-order valence-electron chi connectivity index (χ4n) is 1.03. The van der Waals surface area contributed by atoms with Gasteiger partial charge in [-0.15, -0.1) is 0 Å². The van der Waals surface area contributed by atoms with Crippen LogP contribution < -0.4 is 0 Å². The summed E-state index contributed by atoms with van der Waals surface area (Å²) in [5, 5.41) is 0. The molecular formula is C11H13BrO2. The quantitative estimate of drug-likeness (QED) is 0.444. The first kappa shape index (κ1) is 11.4. The topological polar surface area (TPSA) is 26.3 Å². The van der Waals surface area contributed by atoms with E-state index >= 15 is 0 Å². The number of aldehydes is 1. The largest absolute Gasteiger partial charge is 0.377 e. The SMILES string of the molecule is O=CC(Br)CCOCc1ccccc1. The van der Waals surface area contributed by atoms with E-state index in [1.807, 2.05) is 30.3 Å². The molecule has 0 aromatic heterocycles. The van der Waals surface area contributed by atoms with E-state index in [2.05, 4.69) is 15.9 Å². The Morgan fingerprint density at radius 2 is 2.07 bits per heavy atom. The molecular weight excluding hydrogens is 244 g/mol. The Morgan fingerprint density at radius 3 is 2.71 bits per heavy atom. The van der Waals surface area contributed by atoms with Gasteiger partial charge in [-0.3, -0.25) is 0 Å². The number of hydrogen-bond acceptors (Lipinski definition) is 2. The van der Waals surface area contributed by atoms with Crippen LogP contribution in [0.2, 0.25) is 0 Å². The number of hydrogen-bond donors (Lipinski definition) is 0. The number of alkyl halides is 1. The standard InChI is InChI=1S/C11H13BrO2/c12-11(8-13)6-7-14-9-10-4-2-1-3-5-10/h1-5,8,11H,6-7,9H2. The predicted molar refractivity (Wildman–Crippen MR) is 59.5 cm³/mol. The fraction of sp³-hybridized carbons (Fsp3) is 0.364. The first-order chi connectivity index (χ1) is 6.83. The van der Waals surface area contributed by atoms with Crippen molar-refractivity contribution in [2.24, 2.45) is 0 Å². The average molecular weight is 257 g/mol. The van der Waals surface area contributed by atoms with Crippen LogP contribution in [-0.2, 0) is 16.1 Å². The van der Waals surface area contributed by atoms with Gasteiger partial charge in [-0.2, -0.15) is 0 Å². The molecule has 0 amide bonds. The summed E-state index contributed by atoms with van der Waals surface area (Å²) < 4.78 is 5.40. The van der Waals surface area contributed by atoms with Crippen LogP contribution in [0.5, 0.6) is 0 Å². The molecule has 3 heteroatoms. The van der Waals surface area contributed by atoms with Gasteiger partial charge in [0.15, 0.2) is 0 Å². The second kappa shape index (κ2) is 6.74. The molecule has 0 heterocycles. The van der Waals surface area contributed by atoms with Crippen LogP contribution in [0.1, 0.15) is 12.0 Å². The molecule has 0 N–H and O–H groups in total. The summed E-state index contributed by atoms with van der Waals surface area (Å²) in [5.41, 5.74) is 1.16. The Hall–Kier alpha value is -0.670. The van der Waals surface area contributed by atoms with E-state index in [4.69, 9.17) is 4.74 Å². The summed E-state index contributed by atoms with van der Waals surface area (Å²) in [4.78, 5) is 10.2. The Morgan fingerprint density at radius 1 is 1.36 bits per heavy atom. The van der Waals surface area contributed by atoms with Crippen LogP contribution in [0.4, 0.5) is 0 Å². The van der Waals surface area contributed by atoms with Crippen LogP contribution in [0, 0.1) is 0 Å². The van der Waals surface area contributed by atoms with Gasteiger partial charge in [0.25, 0.3) is 0 Å². The zero-order valence-electron chi connectivity index (χ0n) is 7.86. The van der Waals surface area contributed by atoms with Crippen LogP contribution in [0.15, 0.2) is 30.3 Å². The predicted octanol–water partition coefficient (Wildman–Crippen LogP) is 2.56. The number of carbonyl (C=O) groups excluding carboxylic acids is 1. The van der Waals surface area contributed by atoms with E-state index in [1.54, 1.807) is 0 Å². The van der Waals surface area contributed by atoms with Crippen molar-refractivity contribution in [2.45, 2.75) is 17.9 Å². The van der Waals surface area contributed by atoms with Crippen LogP contribution in [0.3, 0.4) is 0 Å². The average Bonchev–Trinajstić information content (AvgIpc) is 2.25. The fourth-order valence-corrected chi connectivity index (χ4v) is 1.22. The molecule has 1 rings (SSSR count). The van der Waals surface area contributed by atoms with E-state index in [0.717, 1.165) is 18.3 Å². The van der Waals surface area contributed by atoms with Crippen molar-refractivity contribution < 1.29 is 9.53 Å². The molecule has 1 atom stereocenters. The van der Waals surface area contributed by atoms with E-state index < -0.39 is 0 Å². The number of rotatable bonds is 6. The molecule has 1 unspecified atom stereocenters. The lowest BCUT2D eigenvalue weighted by Gasteiger charge is -2.04. The van der Waals surface area contributed by atoms with Gasteiger partial charge >= 0.3 is 0 Å². The summed E-state index contributed by atoms with van der Waals surface area (Å²) in [5.74, 6) is 0. The highest BCUT2D eigenvalue weighted by atomic mass is 79.9. The molecule has 2 nitrogen and oxygen atoms in total. The van der Waals surface area contributed by atoms with Crippen molar-refractivity contribution in [1.29, 1.82) is 0 Å². The van der Waals surface area contributed by atoms with E-state index in [0.29, 0.717) is 13.2 Å². The highest BCUT2D eigenvalue weighted by Gasteiger charge is 2.00. The van der Waals surface area contributed by atoms with Crippen molar-refractivity contribution in [3.05, 3.63) is 35.9 Å². The molecule has 0 radical (unpaired) electrons. The Bertz CT molecular complexity index is 261. The maximum atomic E-state index is 10.3. The number of benzene rings is 1. The van der Waals surface area contributed by atoms with Gasteiger partial charge in [0, 0.05) is 6.61 Å². The summed E-state index contributed by atoms with van der Waals surface area (Å²) in [7, 11) is 0. The lowest BCUT2D eigenvalue weighted by molar-refractivity contribution is -0.107. The second-order valence-corrected chi connectivity index (χ2v) is 4.16. The van der Waals surface area contributed by atoms with E-state index in [-0.39, 0.29) is 4.83 Å². The minimum Gasteiger partial charge on any atom is -0.377 e. The first-order valence-corrected chi connectivity index (χ1v) is 5.45. The van der Waals surface area contributed by atoms with Crippen LogP contribution in [-0.4, -0.2) is 17.7 Å².